The van der Waals surface area contributed by atoms with Crippen molar-refractivity contribution in [1.82, 2.24) is 14.5 Å². The summed E-state index contributed by atoms with van der Waals surface area (Å²) in [6.45, 7) is 4.96. The molecule has 0 spiro atoms. The van der Waals surface area contributed by atoms with Crippen LogP contribution in [0.2, 0.25) is 0 Å². The number of carbonyl (C=O) groups excluding carboxylic acids is 1. The van der Waals surface area contributed by atoms with Crippen LogP contribution in [0, 0.1) is 13.8 Å². The van der Waals surface area contributed by atoms with Gasteiger partial charge in [0.25, 0.3) is 5.91 Å². The number of carbonyl (C=O) groups is 1. The number of alkyl halides is 1. The van der Waals surface area contributed by atoms with Gasteiger partial charge in [-0.25, -0.2) is 9.37 Å². The van der Waals surface area contributed by atoms with Gasteiger partial charge in [-0.05, 0) is 50.5 Å². The van der Waals surface area contributed by atoms with Gasteiger partial charge >= 0.3 is 0 Å². The number of rotatable bonds is 2. The summed E-state index contributed by atoms with van der Waals surface area (Å²) in [7, 11) is 0. The molecule has 2 aromatic heterocycles. The lowest BCUT2D eigenvalue weighted by molar-refractivity contribution is 0.0666. The fourth-order valence-corrected chi connectivity index (χ4v) is 3.57. The second-order valence-electron chi connectivity index (χ2n) is 7.02. The lowest BCUT2D eigenvalue weighted by atomic mass is 10.0. The zero-order valence-corrected chi connectivity index (χ0v) is 15.1. The number of fused-ring (bicyclic) bond motifs is 1. The Morgan fingerprint density at radius 2 is 1.81 bits per heavy atom. The standard InChI is InChI=1S/C21H22FN3O/c1-14-3-5-17(6-4-14)25-12-9-18-15(2)19(13-23-20(18)25)21(26)24-10-7-16(22)8-11-24/h3-6,9,12-13,16H,7-8,10-11H2,1-2H3. The number of pyridine rings is 1. The zero-order chi connectivity index (χ0) is 18.3. The predicted molar refractivity (Wildman–Crippen MR) is 101 cm³/mol. The van der Waals surface area contributed by atoms with E-state index in [2.05, 4.69) is 36.2 Å². The second kappa shape index (κ2) is 6.56. The quantitative estimate of drug-likeness (QED) is 0.693. The molecule has 1 amide bonds. The lowest BCUT2D eigenvalue weighted by Gasteiger charge is -2.29. The molecule has 4 nitrogen and oxygen atoms in total. The van der Waals surface area contributed by atoms with Crippen LogP contribution in [-0.2, 0) is 0 Å². The largest absolute Gasteiger partial charge is 0.338 e. The van der Waals surface area contributed by atoms with E-state index in [0.717, 1.165) is 22.3 Å². The van der Waals surface area contributed by atoms with Gasteiger partial charge in [-0.1, -0.05) is 17.7 Å². The number of hydrogen-bond donors (Lipinski definition) is 0. The van der Waals surface area contributed by atoms with Crippen LogP contribution in [0.25, 0.3) is 16.7 Å². The Morgan fingerprint density at radius 1 is 1.12 bits per heavy atom. The molecule has 5 heteroatoms. The van der Waals surface area contributed by atoms with Gasteiger partial charge in [0, 0.05) is 36.6 Å². The Hall–Kier alpha value is -2.69. The van der Waals surface area contributed by atoms with E-state index in [1.54, 1.807) is 11.1 Å². The molecule has 4 rings (SSSR count). The van der Waals surface area contributed by atoms with Gasteiger partial charge in [0.15, 0.2) is 0 Å². The summed E-state index contributed by atoms with van der Waals surface area (Å²) < 4.78 is 15.4. The van der Waals surface area contributed by atoms with Crippen LogP contribution in [0.15, 0.2) is 42.7 Å². The fraction of sp³-hybridized carbons (Fsp3) is 0.333. The molecule has 26 heavy (non-hydrogen) atoms. The number of piperidine rings is 1. The summed E-state index contributed by atoms with van der Waals surface area (Å²) in [5.41, 5.74) is 4.62. The smallest absolute Gasteiger partial charge is 0.255 e. The Balaban J connectivity index is 1.70. The Kier molecular flexibility index (Phi) is 4.23. The average Bonchev–Trinajstić information content (AvgIpc) is 3.08. The SMILES string of the molecule is Cc1ccc(-n2ccc3c(C)c(C(=O)N4CCC(F)CC4)cnc32)cc1. The molecule has 3 aromatic rings. The van der Waals surface area contributed by atoms with Crippen molar-refractivity contribution in [2.45, 2.75) is 32.9 Å². The third-order valence-electron chi connectivity index (χ3n) is 5.24. The second-order valence-corrected chi connectivity index (χ2v) is 7.02. The molecule has 1 aromatic carbocycles. The monoisotopic (exact) mass is 351 g/mol. The first-order chi connectivity index (χ1) is 12.5. The molecule has 1 aliphatic rings. The molecule has 1 saturated heterocycles. The number of aryl methyl sites for hydroxylation is 2. The van der Waals surface area contributed by atoms with Crippen LogP contribution in [-0.4, -0.2) is 39.6 Å². The van der Waals surface area contributed by atoms with Gasteiger partial charge in [0.05, 0.1) is 5.56 Å². The van der Waals surface area contributed by atoms with Gasteiger partial charge in [-0.15, -0.1) is 0 Å². The molecule has 134 valence electrons. The van der Waals surface area contributed by atoms with Crippen molar-refractivity contribution in [3.8, 4) is 5.69 Å². The number of nitrogens with zero attached hydrogens (tertiary/aromatic N) is 3. The van der Waals surface area contributed by atoms with Crippen LogP contribution < -0.4 is 0 Å². The summed E-state index contributed by atoms with van der Waals surface area (Å²) in [6, 6.07) is 10.3. The Bertz CT molecular complexity index is 953. The van der Waals surface area contributed by atoms with E-state index in [0.29, 0.717) is 31.5 Å². The molecule has 0 atom stereocenters. The molecule has 0 N–H and O–H groups in total. The molecule has 0 radical (unpaired) electrons. The lowest BCUT2D eigenvalue weighted by Crippen LogP contribution is -2.39. The number of aromatic nitrogens is 2. The van der Waals surface area contributed by atoms with E-state index in [1.807, 2.05) is 23.8 Å². The van der Waals surface area contributed by atoms with E-state index in [9.17, 15) is 9.18 Å². The molecule has 0 unspecified atom stereocenters. The van der Waals surface area contributed by atoms with E-state index in [-0.39, 0.29) is 5.91 Å². The van der Waals surface area contributed by atoms with Crippen LogP contribution in [0.3, 0.4) is 0 Å². The van der Waals surface area contributed by atoms with Gasteiger partial charge < -0.3 is 9.47 Å². The van der Waals surface area contributed by atoms with Gasteiger partial charge in [0.2, 0.25) is 0 Å². The van der Waals surface area contributed by atoms with Crippen molar-refractivity contribution in [3.63, 3.8) is 0 Å². The molecule has 1 aliphatic heterocycles. The van der Waals surface area contributed by atoms with Crippen LogP contribution >= 0.6 is 0 Å². The minimum absolute atomic E-state index is 0.0492. The minimum Gasteiger partial charge on any atom is -0.338 e. The van der Waals surface area contributed by atoms with E-state index in [1.165, 1.54) is 5.56 Å². The number of benzene rings is 1. The number of halogens is 1. The first-order valence-corrected chi connectivity index (χ1v) is 9.01. The van der Waals surface area contributed by atoms with Crippen LogP contribution in [0.1, 0.15) is 34.3 Å². The first-order valence-electron chi connectivity index (χ1n) is 9.01. The zero-order valence-electron chi connectivity index (χ0n) is 15.1. The van der Waals surface area contributed by atoms with Gasteiger partial charge in [-0.2, -0.15) is 0 Å². The number of hydrogen-bond acceptors (Lipinski definition) is 2. The van der Waals surface area contributed by atoms with E-state index in [4.69, 9.17) is 0 Å². The average molecular weight is 351 g/mol. The van der Waals surface area contributed by atoms with E-state index >= 15 is 0 Å². The highest BCUT2D eigenvalue weighted by molar-refractivity contribution is 5.99. The van der Waals surface area contributed by atoms with Gasteiger partial charge in [0.1, 0.15) is 11.8 Å². The molecule has 0 bridgehead atoms. The topological polar surface area (TPSA) is 38.1 Å². The Morgan fingerprint density at radius 3 is 2.50 bits per heavy atom. The van der Waals surface area contributed by atoms with Crippen molar-refractivity contribution < 1.29 is 9.18 Å². The molecule has 1 fully saturated rings. The maximum absolute atomic E-state index is 13.3. The maximum Gasteiger partial charge on any atom is 0.255 e. The number of likely N-dealkylation sites (tertiary alicyclic amines) is 1. The van der Waals surface area contributed by atoms with Crippen LogP contribution in [0.4, 0.5) is 4.39 Å². The van der Waals surface area contributed by atoms with Crippen molar-refractivity contribution in [2.75, 3.05) is 13.1 Å². The fourth-order valence-electron chi connectivity index (χ4n) is 3.57. The molecule has 0 saturated carbocycles. The number of amides is 1. The maximum atomic E-state index is 13.3. The third kappa shape index (κ3) is 2.87. The third-order valence-corrected chi connectivity index (χ3v) is 5.24. The molecular formula is C21H22FN3O. The highest BCUT2D eigenvalue weighted by Crippen LogP contribution is 2.26. The summed E-state index contributed by atoms with van der Waals surface area (Å²) in [5.74, 6) is -0.0492. The normalized spacial score (nSPS) is 15.6. The minimum atomic E-state index is -0.788. The van der Waals surface area contributed by atoms with Crippen molar-refractivity contribution in [2.24, 2.45) is 0 Å². The van der Waals surface area contributed by atoms with Crippen molar-refractivity contribution in [1.29, 1.82) is 0 Å². The predicted octanol–water partition coefficient (Wildman–Crippen LogP) is 4.22. The Labute approximate surface area is 152 Å². The van der Waals surface area contributed by atoms with Crippen LogP contribution in [0.5, 0.6) is 0 Å². The summed E-state index contributed by atoms with van der Waals surface area (Å²) in [6.07, 6.45) is 3.70. The van der Waals surface area contributed by atoms with Crippen molar-refractivity contribution >= 4 is 16.9 Å². The molecular weight excluding hydrogens is 329 g/mol. The van der Waals surface area contributed by atoms with E-state index < -0.39 is 6.17 Å². The van der Waals surface area contributed by atoms with Gasteiger partial charge in [-0.3, -0.25) is 4.79 Å². The molecule has 3 heterocycles. The summed E-state index contributed by atoms with van der Waals surface area (Å²) in [4.78, 5) is 19.2. The summed E-state index contributed by atoms with van der Waals surface area (Å²) >= 11 is 0. The first kappa shape index (κ1) is 16.8. The van der Waals surface area contributed by atoms with Crippen molar-refractivity contribution in [3.05, 3.63) is 59.4 Å². The molecule has 0 aliphatic carbocycles. The summed E-state index contributed by atoms with van der Waals surface area (Å²) in [5, 5.41) is 0.969. The highest BCUT2D eigenvalue weighted by atomic mass is 19.1. The highest BCUT2D eigenvalue weighted by Gasteiger charge is 2.25.